The monoisotopic (exact) mass is 427 g/mol. The summed E-state index contributed by atoms with van der Waals surface area (Å²) in [5.41, 5.74) is -1.17. The molecule has 1 aromatic rings. The van der Waals surface area contributed by atoms with E-state index in [9.17, 15) is 18.3 Å². The number of hydrogen-bond donors (Lipinski definition) is 3. The van der Waals surface area contributed by atoms with E-state index in [4.69, 9.17) is 5.11 Å². The normalized spacial score (nSPS) is 12.4. The molecule has 0 aromatic heterocycles. The van der Waals surface area contributed by atoms with Gasteiger partial charge in [-0.25, -0.2) is 17.9 Å². The zero-order valence-corrected chi connectivity index (χ0v) is 14.7. The Labute approximate surface area is 137 Å². The molecule has 0 fully saturated rings. The van der Waals surface area contributed by atoms with Crippen LogP contribution in [-0.4, -0.2) is 36.7 Å². The third-order valence-corrected chi connectivity index (χ3v) is 5.73. The van der Waals surface area contributed by atoms with Crippen LogP contribution < -0.4 is 4.72 Å². The maximum absolute atomic E-state index is 12.2. The molecule has 0 aliphatic rings. The lowest BCUT2D eigenvalue weighted by molar-refractivity contribution is 0.0377. The van der Waals surface area contributed by atoms with Gasteiger partial charge in [0.1, 0.15) is 0 Å². The maximum Gasteiger partial charge on any atom is 0.336 e. The molecule has 0 bridgehead atoms. The fourth-order valence-corrected chi connectivity index (χ4v) is 3.36. The molecule has 0 heterocycles. The van der Waals surface area contributed by atoms with E-state index in [2.05, 4.69) is 4.72 Å². The summed E-state index contributed by atoms with van der Waals surface area (Å²) in [6.45, 7) is 3.42. The molecule has 118 valence electrons. The molecule has 0 aliphatic heterocycles. The first-order chi connectivity index (χ1) is 9.65. The van der Waals surface area contributed by atoms with Crippen LogP contribution in [0.2, 0.25) is 0 Å². The van der Waals surface area contributed by atoms with Gasteiger partial charge < -0.3 is 10.2 Å². The fourth-order valence-electron chi connectivity index (χ4n) is 1.65. The van der Waals surface area contributed by atoms with Gasteiger partial charge in [-0.1, -0.05) is 13.8 Å². The minimum Gasteiger partial charge on any atom is -0.478 e. The summed E-state index contributed by atoms with van der Waals surface area (Å²) in [6.07, 6.45) is 0.832. The first-order valence-electron chi connectivity index (χ1n) is 6.40. The van der Waals surface area contributed by atoms with Gasteiger partial charge in [-0.05, 0) is 53.6 Å². The van der Waals surface area contributed by atoms with Crippen molar-refractivity contribution in [2.45, 2.75) is 37.2 Å². The second-order valence-corrected chi connectivity index (χ2v) is 7.63. The number of halogens is 1. The molecule has 21 heavy (non-hydrogen) atoms. The maximum atomic E-state index is 12.2. The number of aromatic carboxylic acids is 1. The van der Waals surface area contributed by atoms with Gasteiger partial charge in [0.25, 0.3) is 0 Å². The summed E-state index contributed by atoms with van der Waals surface area (Å²) in [6, 6.07) is 3.89. The second-order valence-electron chi connectivity index (χ2n) is 4.70. The van der Waals surface area contributed by atoms with Crippen LogP contribution in [0.4, 0.5) is 0 Å². The van der Waals surface area contributed by atoms with Crippen LogP contribution in [0.3, 0.4) is 0 Å². The van der Waals surface area contributed by atoms with Gasteiger partial charge in [0, 0.05) is 10.1 Å². The van der Waals surface area contributed by atoms with Gasteiger partial charge in [-0.2, -0.15) is 0 Å². The quantitative estimate of drug-likeness (QED) is 0.576. The van der Waals surface area contributed by atoms with Crippen LogP contribution in [-0.2, 0) is 10.0 Å². The minimum atomic E-state index is -3.86. The summed E-state index contributed by atoms with van der Waals surface area (Å²) in [5.74, 6) is -1.19. The standard InChI is InChI=1S/C13H18INO5S/c1-3-13(18,4-2)8-15-21(19,20)9-5-6-11(14)10(7-9)12(16)17/h5-7,15,18H,3-4,8H2,1-2H3,(H,16,17). The van der Waals surface area contributed by atoms with Crippen LogP contribution in [0.25, 0.3) is 0 Å². The number of benzene rings is 1. The van der Waals surface area contributed by atoms with Crippen LogP contribution >= 0.6 is 22.6 Å². The van der Waals surface area contributed by atoms with Crippen LogP contribution in [0, 0.1) is 3.57 Å². The lowest BCUT2D eigenvalue weighted by atomic mass is 9.98. The molecule has 0 spiro atoms. The first-order valence-corrected chi connectivity index (χ1v) is 8.96. The van der Waals surface area contributed by atoms with Crippen molar-refractivity contribution in [3.05, 3.63) is 27.3 Å². The number of carboxylic acids is 1. The van der Waals surface area contributed by atoms with E-state index in [0.29, 0.717) is 16.4 Å². The Hall–Kier alpha value is -0.710. The SMILES string of the molecule is CCC(O)(CC)CNS(=O)(=O)c1ccc(I)c(C(=O)O)c1. The molecule has 6 nitrogen and oxygen atoms in total. The van der Waals surface area contributed by atoms with Gasteiger partial charge in [0.2, 0.25) is 10.0 Å². The summed E-state index contributed by atoms with van der Waals surface area (Å²) >= 11 is 1.83. The molecule has 8 heteroatoms. The molecule has 0 amide bonds. The van der Waals surface area contributed by atoms with Crippen molar-refractivity contribution >= 4 is 38.6 Å². The number of rotatable bonds is 7. The lowest BCUT2D eigenvalue weighted by Crippen LogP contribution is -2.42. The van der Waals surface area contributed by atoms with Gasteiger partial charge in [-0.3, -0.25) is 0 Å². The lowest BCUT2D eigenvalue weighted by Gasteiger charge is -2.25. The number of aliphatic hydroxyl groups is 1. The Morgan fingerprint density at radius 1 is 1.33 bits per heavy atom. The van der Waals surface area contributed by atoms with E-state index >= 15 is 0 Å². The summed E-state index contributed by atoms with van der Waals surface area (Å²) in [4.78, 5) is 10.9. The van der Waals surface area contributed by atoms with Gasteiger partial charge in [0.05, 0.1) is 16.1 Å². The highest BCUT2D eigenvalue weighted by molar-refractivity contribution is 14.1. The third-order valence-electron chi connectivity index (χ3n) is 3.39. The number of hydrogen-bond acceptors (Lipinski definition) is 4. The van der Waals surface area contributed by atoms with Crippen molar-refractivity contribution in [3.63, 3.8) is 0 Å². The Balaban J connectivity index is 3.04. The molecule has 0 aliphatic carbocycles. The van der Waals surface area contributed by atoms with Crippen LogP contribution in [0.5, 0.6) is 0 Å². The fraction of sp³-hybridized carbons (Fsp3) is 0.462. The van der Waals surface area contributed by atoms with Gasteiger partial charge >= 0.3 is 5.97 Å². The molecule has 1 rings (SSSR count). The zero-order chi connectivity index (χ0) is 16.3. The van der Waals surface area contributed by atoms with E-state index in [1.807, 2.05) is 22.6 Å². The van der Waals surface area contributed by atoms with Crippen molar-refractivity contribution in [3.8, 4) is 0 Å². The second kappa shape index (κ2) is 7.03. The Morgan fingerprint density at radius 3 is 2.38 bits per heavy atom. The Morgan fingerprint density at radius 2 is 1.90 bits per heavy atom. The molecular formula is C13H18INO5S. The molecule has 3 N–H and O–H groups in total. The first kappa shape index (κ1) is 18.3. The Bertz CT molecular complexity index is 625. The van der Waals surface area contributed by atoms with Crippen molar-refractivity contribution < 1.29 is 23.4 Å². The third kappa shape index (κ3) is 4.63. The van der Waals surface area contributed by atoms with Crippen molar-refractivity contribution in [2.24, 2.45) is 0 Å². The number of carbonyl (C=O) groups is 1. The van der Waals surface area contributed by atoms with Crippen molar-refractivity contribution in [1.29, 1.82) is 0 Å². The van der Waals surface area contributed by atoms with E-state index in [1.165, 1.54) is 12.1 Å². The van der Waals surface area contributed by atoms with E-state index < -0.39 is 21.6 Å². The topological polar surface area (TPSA) is 104 Å². The van der Waals surface area contributed by atoms with E-state index in [0.717, 1.165) is 6.07 Å². The predicted molar refractivity (Wildman–Crippen MR) is 86.8 cm³/mol. The van der Waals surface area contributed by atoms with Gasteiger partial charge in [0.15, 0.2) is 0 Å². The molecule has 1 aromatic carbocycles. The van der Waals surface area contributed by atoms with Crippen LogP contribution in [0.15, 0.2) is 23.1 Å². The Kier molecular flexibility index (Phi) is 6.14. The van der Waals surface area contributed by atoms with E-state index in [-0.39, 0.29) is 17.0 Å². The number of carboxylic acid groups (broad SMARTS) is 1. The largest absolute Gasteiger partial charge is 0.478 e. The van der Waals surface area contributed by atoms with Crippen molar-refractivity contribution in [1.82, 2.24) is 4.72 Å². The molecule has 0 atom stereocenters. The van der Waals surface area contributed by atoms with E-state index in [1.54, 1.807) is 13.8 Å². The van der Waals surface area contributed by atoms with Gasteiger partial charge in [-0.15, -0.1) is 0 Å². The summed E-state index contributed by atoms with van der Waals surface area (Å²) in [7, 11) is -3.86. The average molecular weight is 427 g/mol. The molecular weight excluding hydrogens is 409 g/mol. The predicted octanol–water partition coefficient (Wildman–Crippen LogP) is 1.82. The van der Waals surface area contributed by atoms with Crippen LogP contribution in [0.1, 0.15) is 37.0 Å². The molecule has 0 unspecified atom stereocenters. The molecule has 0 radical (unpaired) electrons. The number of nitrogens with one attached hydrogen (secondary N) is 1. The highest BCUT2D eigenvalue weighted by Gasteiger charge is 2.26. The summed E-state index contributed by atoms with van der Waals surface area (Å²) < 4.78 is 27.1. The molecule has 0 saturated carbocycles. The highest BCUT2D eigenvalue weighted by Crippen LogP contribution is 2.19. The zero-order valence-electron chi connectivity index (χ0n) is 11.8. The average Bonchev–Trinajstić information content (AvgIpc) is 2.45. The van der Waals surface area contributed by atoms with Crippen molar-refractivity contribution in [2.75, 3.05) is 6.54 Å². The molecule has 0 saturated heterocycles. The summed E-state index contributed by atoms with van der Waals surface area (Å²) in [5, 5.41) is 19.1. The number of sulfonamides is 1. The minimum absolute atomic E-state index is 0.0697. The smallest absolute Gasteiger partial charge is 0.336 e. The highest BCUT2D eigenvalue weighted by atomic mass is 127.